The molecule has 21 heavy (non-hydrogen) atoms. The lowest BCUT2D eigenvalue weighted by molar-refractivity contribution is 0.0526. The van der Waals surface area contributed by atoms with Crippen molar-refractivity contribution in [3.05, 3.63) is 52.5 Å². The lowest BCUT2D eigenvalue weighted by Crippen LogP contribution is -2.05. The molecule has 0 bridgehead atoms. The zero-order valence-electron chi connectivity index (χ0n) is 11.9. The maximum absolute atomic E-state index is 11.7. The average molecular weight is 306 g/mol. The minimum Gasteiger partial charge on any atom is -0.462 e. The first-order chi connectivity index (χ1) is 10.0. The Balaban J connectivity index is 2.30. The van der Waals surface area contributed by atoms with Crippen LogP contribution in [0.5, 0.6) is 11.5 Å². The van der Waals surface area contributed by atoms with Gasteiger partial charge in [0.1, 0.15) is 5.75 Å². The maximum Gasteiger partial charge on any atom is 0.338 e. The van der Waals surface area contributed by atoms with Gasteiger partial charge in [-0.1, -0.05) is 11.6 Å². The van der Waals surface area contributed by atoms with Gasteiger partial charge in [-0.15, -0.1) is 0 Å². The van der Waals surface area contributed by atoms with Crippen LogP contribution in [0, 0.1) is 6.92 Å². The molecule has 4 nitrogen and oxygen atoms in total. The number of hydrogen-bond acceptors (Lipinski definition) is 4. The summed E-state index contributed by atoms with van der Waals surface area (Å²) in [5.41, 5.74) is 7.60. The highest BCUT2D eigenvalue weighted by atomic mass is 35.5. The number of ether oxygens (including phenoxy) is 2. The van der Waals surface area contributed by atoms with Gasteiger partial charge in [-0.2, -0.15) is 0 Å². The molecule has 0 aliphatic rings. The summed E-state index contributed by atoms with van der Waals surface area (Å²) in [6.07, 6.45) is 0. The van der Waals surface area contributed by atoms with Crippen molar-refractivity contribution >= 4 is 23.3 Å². The number of anilines is 1. The van der Waals surface area contributed by atoms with Crippen LogP contribution in [0.1, 0.15) is 22.8 Å². The molecule has 0 spiro atoms. The summed E-state index contributed by atoms with van der Waals surface area (Å²) in [6, 6.07) is 10.1. The minimum absolute atomic E-state index is 0.315. The largest absolute Gasteiger partial charge is 0.462 e. The van der Waals surface area contributed by atoms with E-state index < -0.39 is 5.97 Å². The number of nitrogens with two attached hydrogens (primary N) is 1. The topological polar surface area (TPSA) is 61.5 Å². The van der Waals surface area contributed by atoms with Crippen LogP contribution in [0.25, 0.3) is 0 Å². The Hall–Kier alpha value is -2.20. The molecule has 0 heterocycles. The molecule has 0 atom stereocenters. The quantitative estimate of drug-likeness (QED) is 0.679. The van der Waals surface area contributed by atoms with Gasteiger partial charge in [0.2, 0.25) is 0 Å². The fraction of sp³-hybridized carbons (Fsp3) is 0.188. The second-order valence-corrected chi connectivity index (χ2v) is 4.92. The summed E-state index contributed by atoms with van der Waals surface area (Å²) in [5, 5.41) is 0.632. The fourth-order valence-electron chi connectivity index (χ4n) is 1.81. The van der Waals surface area contributed by atoms with E-state index in [-0.39, 0.29) is 0 Å². The molecule has 0 aromatic heterocycles. The molecular formula is C16H16ClNO3. The Bertz CT molecular complexity index is 671. The standard InChI is InChI=1S/C16H16ClNO3/c1-3-20-16(19)11-4-6-13(18)15(9-11)21-14-7-5-12(17)8-10(14)2/h4-9H,3,18H2,1-2H3. The molecule has 0 fully saturated rings. The second kappa shape index (κ2) is 6.50. The molecule has 2 aromatic carbocycles. The maximum atomic E-state index is 11.7. The number of nitrogen functional groups attached to an aromatic ring is 1. The van der Waals surface area contributed by atoms with Crippen molar-refractivity contribution < 1.29 is 14.3 Å². The summed E-state index contributed by atoms with van der Waals surface area (Å²) in [6.45, 7) is 3.95. The van der Waals surface area contributed by atoms with E-state index >= 15 is 0 Å². The number of rotatable bonds is 4. The van der Waals surface area contributed by atoms with Crippen molar-refractivity contribution in [2.45, 2.75) is 13.8 Å². The molecule has 0 aliphatic carbocycles. The first kappa shape index (κ1) is 15.2. The molecule has 110 valence electrons. The van der Waals surface area contributed by atoms with Gasteiger partial charge in [0.15, 0.2) is 5.75 Å². The monoisotopic (exact) mass is 305 g/mol. The molecule has 0 amide bonds. The van der Waals surface area contributed by atoms with Gasteiger partial charge in [0.25, 0.3) is 0 Å². The van der Waals surface area contributed by atoms with Gasteiger partial charge in [-0.05, 0) is 55.8 Å². The highest BCUT2D eigenvalue weighted by molar-refractivity contribution is 6.30. The first-order valence-corrected chi connectivity index (χ1v) is 6.89. The van der Waals surface area contributed by atoms with Crippen LogP contribution in [-0.2, 0) is 4.74 Å². The van der Waals surface area contributed by atoms with Crippen molar-refractivity contribution in [3.8, 4) is 11.5 Å². The molecule has 2 rings (SSSR count). The van der Waals surface area contributed by atoms with E-state index in [2.05, 4.69) is 0 Å². The van der Waals surface area contributed by atoms with Crippen molar-refractivity contribution in [1.82, 2.24) is 0 Å². The number of aryl methyl sites for hydroxylation is 1. The van der Waals surface area contributed by atoms with E-state index in [1.54, 1.807) is 43.3 Å². The van der Waals surface area contributed by atoms with E-state index in [0.29, 0.717) is 34.4 Å². The molecule has 2 aromatic rings. The Morgan fingerprint density at radius 2 is 1.95 bits per heavy atom. The van der Waals surface area contributed by atoms with E-state index in [1.807, 2.05) is 6.92 Å². The third-order valence-corrected chi connectivity index (χ3v) is 3.12. The molecule has 0 saturated heterocycles. The highest BCUT2D eigenvalue weighted by Crippen LogP contribution is 2.31. The van der Waals surface area contributed by atoms with Gasteiger partial charge in [0, 0.05) is 5.02 Å². The van der Waals surface area contributed by atoms with Gasteiger partial charge in [0.05, 0.1) is 17.9 Å². The Morgan fingerprint density at radius 3 is 2.62 bits per heavy atom. The average Bonchev–Trinajstić information content (AvgIpc) is 2.44. The van der Waals surface area contributed by atoms with E-state index in [1.165, 1.54) is 0 Å². The van der Waals surface area contributed by atoms with Crippen LogP contribution in [0.4, 0.5) is 5.69 Å². The number of carbonyl (C=O) groups excluding carboxylic acids is 1. The van der Waals surface area contributed by atoms with Crippen LogP contribution in [0.2, 0.25) is 5.02 Å². The lowest BCUT2D eigenvalue weighted by atomic mass is 10.2. The zero-order chi connectivity index (χ0) is 15.4. The zero-order valence-corrected chi connectivity index (χ0v) is 12.6. The van der Waals surface area contributed by atoms with Crippen LogP contribution in [-0.4, -0.2) is 12.6 Å². The van der Waals surface area contributed by atoms with E-state index in [9.17, 15) is 4.79 Å². The van der Waals surface area contributed by atoms with Crippen molar-refractivity contribution in [2.75, 3.05) is 12.3 Å². The van der Waals surface area contributed by atoms with Gasteiger partial charge < -0.3 is 15.2 Å². The SMILES string of the molecule is CCOC(=O)c1ccc(N)c(Oc2ccc(Cl)cc2C)c1. The summed E-state index contributed by atoms with van der Waals surface area (Å²) in [5.74, 6) is 0.633. The Kier molecular flexibility index (Phi) is 4.70. The third-order valence-electron chi connectivity index (χ3n) is 2.88. The number of carbonyl (C=O) groups is 1. The molecule has 0 unspecified atom stereocenters. The summed E-state index contributed by atoms with van der Waals surface area (Å²) in [4.78, 5) is 11.7. The minimum atomic E-state index is -0.407. The van der Waals surface area contributed by atoms with Gasteiger partial charge in [-0.3, -0.25) is 0 Å². The fourth-order valence-corrected chi connectivity index (χ4v) is 2.04. The second-order valence-electron chi connectivity index (χ2n) is 4.48. The summed E-state index contributed by atoms with van der Waals surface area (Å²) in [7, 11) is 0. The predicted molar refractivity (Wildman–Crippen MR) is 83.1 cm³/mol. The molecule has 0 radical (unpaired) electrons. The smallest absolute Gasteiger partial charge is 0.338 e. The van der Waals surface area contributed by atoms with Crippen LogP contribution >= 0.6 is 11.6 Å². The first-order valence-electron chi connectivity index (χ1n) is 6.52. The van der Waals surface area contributed by atoms with Crippen LogP contribution in [0.15, 0.2) is 36.4 Å². The Morgan fingerprint density at radius 1 is 1.19 bits per heavy atom. The number of halogens is 1. The lowest BCUT2D eigenvalue weighted by Gasteiger charge is -2.12. The number of benzene rings is 2. The highest BCUT2D eigenvalue weighted by Gasteiger charge is 2.11. The number of esters is 1. The normalized spacial score (nSPS) is 10.2. The third kappa shape index (κ3) is 3.67. The van der Waals surface area contributed by atoms with Crippen molar-refractivity contribution in [3.63, 3.8) is 0 Å². The van der Waals surface area contributed by atoms with Crippen molar-refractivity contribution in [2.24, 2.45) is 0 Å². The molecular weight excluding hydrogens is 290 g/mol. The van der Waals surface area contributed by atoms with Crippen LogP contribution in [0.3, 0.4) is 0 Å². The predicted octanol–water partition coefficient (Wildman–Crippen LogP) is 4.20. The summed E-state index contributed by atoms with van der Waals surface area (Å²) >= 11 is 5.91. The molecule has 0 saturated carbocycles. The van der Waals surface area contributed by atoms with Gasteiger partial charge in [-0.25, -0.2) is 4.79 Å². The van der Waals surface area contributed by atoms with Gasteiger partial charge >= 0.3 is 5.97 Å². The summed E-state index contributed by atoms with van der Waals surface area (Å²) < 4.78 is 10.7. The van der Waals surface area contributed by atoms with E-state index in [0.717, 1.165) is 5.56 Å². The molecule has 2 N–H and O–H groups in total. The molecule has 5 heteroatoms. The molecule has 0 aliphatic heterocycles. The van der Waals surface area contributed by atoms with E-state index in [4.69, 9.17) is 26.8 Å². The van der Waals surface area contributed by atoms with Crippen LogP contribution < -0.4 is 10.5 Å². The number of hydrogen-bond donors (Lipinski definition) is 1. The Labute approximate surface area is 128 Å². The van der Waals surface area contributed by atoms with Crippen molar-refractivity contribution in [1.29, 1.82) is 0 Å².